The molecule has 0 bridgehead atoms. The number of aromatic hydroxyl groups is 1. The van der Waals surface area contributed by atoms with Crippen LogP contribution in [0.1, 0.15) is 18.9 Å². The lowest BCUT2D eigenvalue weighted by Gasteiger charge is -2.24. The molecule has 1 aromatic rings. The van der Waals surface area contributed by atoms with E-state index >= 15 is 0 Å². The first-order chi connectivity index (χ1) is 7.13. The number of nitrogens with zero attached hydrogens (tertiary/aromatic N) is 1. The summed E-state index contributed by atoms with van der Waals surface area (Å²) < 4.78 is 0. The van der Waals surface area contributed by atoms with Crippen molar-refractivity contribution in [3.8, 4) is 5.75 Å². The van der Waals surface area contributed by atoms with Crippen molar-refractivity contribution in [1.29, 1.82) is 0 Å². The summed E-state index contributed by atoms with van der Waals surface area (Å²) in [7, 11) is 2.09. The van der Waals surface area contributed by atoms with Gasteiger partial charge < -0.3 is 10.8 Å². The molecule has 1 rings (SSSR count). The molecule has 1 unspecified atom stereocenters. The van der Waals surface area contributed by atoms with Crippen LogP contribution in [0.4, 0.5) is 0 Å². The van der Waals surface area contributed by atoms with Crippen LogP contribution in [-0.2, 0) is 6.54 Å². The predicted molar refractivity (Wildman–Crippen MR) is 62.7 cm³/mol. The minimum atomic E-state index is 0.316. The average molecular weight is 208 g/mol. The molecule has 0 amide bonds. The van der Waals surface area contributed by atoms with E-state index in [0.29, 0.717) is 11.8 Å². The summed E-state index contributed by atoms with van der Waals surface area (Å²) in [6, 6.07) is 7.82. The lowest BCUT2D eigenvalue weighted by molar-refractivity contribution is 0.240. The Hall–Kier alpha value is -1.06. The zero-order chi connectivity index (χ0) is 11.3. The number of phenolic OH excluding ortho intramolecular Hbond substituents is 1. The first kappa shape index (κ1) is 12.0. The van der Waals surface area contributed by atoms with Crippen LogP contribution < -0.4 is 5.73 Å². The second-order valence-corrected chi connectivity index (χ2v) is 4.01. The smallest absolute Gasteiger partial charge is 0.115 e. The Morgan fingerprint density at radius 2 is 1.93 bits per heavy atom. The number of hydrogen-bond donors (Lipinski definition) is 2. The average Bonchev–Trinajstić information content (AvgIpc) is 2.22. The Bertz CT molecular complexity index is 284. The van der Waals surface area contributed by atoms with Gasteiger partial charge >= 0.3 is 0 Å². The molecule has 0 aliphatic heterocycles. The van der Waals surface area contributed by atoms with Crippen LogP contribution in [0.3, 0.4) is 0 Å². The standard InChI is InChI=1S/C12H20N2O/c1-10(7-8-13)14(2)9-11-3-5-12(15)6-4-11/h3-6,10,15H,7-9,13H2,1-2H3. The molecule has 0 aromatic heterocycles. The van der Waals surface area contributed by atoms with Crippen molar-refractivity contribution in [3.05, 3.63) is 29.8 Å². The molecule has 0 saturated heterocycles. The molecule has 3 N–H and O–H groups in total. The van der Waals surface area contributed by atoms with Gasteiger partial charge in [-0.05, 0) is 44.6 Å². The van der Waals surface area contributed by atoms with Crippen molar-refractivity contribution in [2.24, 2.45) is 5.73 Å². The fourth-order valence-corrected chi connectivity index (χ4v) is 1.51. The minimum absolute atomic E-state index is 0.316. The Morgan fingerprint density at radius 1 is 1.33 bits per heavy atom. The molecule has 0 spiro atoms. The van der Waals surface area contributed by atoms with Crippen molar-refractivity contribution in [2.75, 3.05) is 13.6 Å². The normalized spacial score (nSPS) is 13.1. The van der Waals surface area contributed by atoms with E-state index in [1.54, 1.807) is 12.1 Å². The minimum Gasteiger partial charge on any atom is -0.508 e. The third-order valence-corrected chi connectivity index (χ3v) is 2.71. The number of nitrogens with two attached hydrogens (primary N) is 1. The number of phenols is 1. The van der Waals surface area contributed by atoms with E-state index in [1.807, 2.05) is 12.1 Å². The first-order valence-corrected chi connectivity index (χ1v) is 5.31. The van der Waals surface area contributed by atoms with Gasteiger partial charge in [0, 0.05) is 12.6 Å². The molecule has 1 atom stereocenters. The molecule has 0 fully saturated rings. The van der Waals surface area contributed by atoms with Gasteiger partial charge in [-0.3, -0.25) is 4.90 Å². The van der Waals surface area contributed by atoms with Gasteiger partial charge in [-0.2, -0.15) is 0 Å². The maximum atomic E-state index is 9.15. The predicted octanol–water partition coefficient (Wildman–Crippen LogP) is 1.56. The zero-order valence-corrected chi connectivity index (χ0v) is 9.48. The van der Waals surface area contributed by atoms with Crippen molar-refractivity contribution in [2.45, 2.75) is 25.9 Å². The van der Waals surface area contributed by atoms with Crippen LogP contribution in [0.5, 0.6) is 5.75 Å². The summed E-state index contributed by atoms with van der Waals surface area (Å²) in [6.07, 6.45) is 1.01. The van der Waals surface area contributed by atoms with Gasteiger partial charge in [0.25, 0.3) is 0 Å². The van der Waals surface area contributed by atoms with Gasteiger partial charge in [0.15, 0.2) is 0 Å². The van der Waals surface area contributed by atoms with Gasteiger partial charge in [-0.1, -0.05) is 12.1 Å². The maximum absolute atomic E-state index is 9.15. The Kier molecular flexibility index (Phi) is 4.59. The van der Waals surface area contributed by atoms with Gasteiger partial charge in [-0.25, -0.2) is 0 Å². The van der Waals surface area contributed by atoms with Crippen LogP contribution >= 0.6 is 0 Å². The molecular weight excluding hydrogens is 188 g/mol. The molecule has 1 aromatic carbocycles. The molecule has 0 radical (unpaired) electrons. The van der Waals surface area contributed by atoms with Crippen molar-refractivity contribution in [3.63, 3.8) is 0 Å². The lowest BCUT2D eigenvalue weighted by atomic mass is 10.1. The molecule has 0 heterocycles. The van der Waals surface area contributed by atoms with E-state index in [-0.39, 0.29) is 0 Å². The summed E-state index contributed by atoms with van der Waals surface area (Å²) in [5, 5.41) is 9.15. The van der Waals surface area contributed by atoms with Crippen LogP contribution in [0, 0.1) is 0 Å². The zero-order valence-electron chi connectivity index (χ0n) is 9.48. The summed E-state index contributed by atoms with van der Waals surface area (Å²) in [5.74, 6) is 0.316. The van der Waals surface area contributed by atoms with E-state index in [0.717, 1.165) is 19.5 Å². The van der Waals surface area contributed by atoms with Crippen LogP contribution in [0.15, 0.2) is 24.3 Å². The van der Waals surface area contributed by atoms with Crippen molar-refractivity contribution >= 4 is 0 Å². The second-order valence-electron chi connectivity index (χ2n) is 4.01. The second kappa shape index (κ2) is 5.73. The number of rotatable bonds is 5. The highest BCUT2D eigenvalue weighted by molar-refractivity contribution is 5.25. The molecule has 0 aliphatic rings. The largest absolute Gasteiger partial charge is 0.508 e. The van der Waals surface area contributed by atoms with E-state index in [9.17, 15) is 0 Å². The number of hydrogen-bond acceptors (Lipinski definition) is 3. The third-order valence-electron chi connectivity index (χ3n) is 2.71. The van der Waals surface area contributed by atoms with Crippen molar-refractivity contribution in [1.82, 2.24) is 4.90 Å². The van der Waals surface area contributed by atoms with E-state index in [2.05, 4.69) is 18.9 Å². The highest BCUT2D eigenvalue weighted by Crippen LogP contribution is 2.12. The Balaban J connectivity index is 2.50. The van der Waals surface area contributed by atoms with Crippen LogP contribution in [0.2, 0.25) is 0 Å². The molecule has 0 aliphatic carbocycles. The van der Waals surface area contributed by atoms with E-state index in [1.165, 1.54) is 5.56 Å². The van der Waals surface area contributed by atoms with Crippen LogP contribution in [0.25, 0.3) is 0 Å². The molecular formula is C12H20N2O. The third kappa shape index (κ3) is 3.90. The highest BCUT2D eigenvalue weighted by atomic mass is 16.3. The summed E-state index contributed by atoms with van der Waals surface area (Å²) in [4.78, 5) is 2.26. The van der Waals surface area contributed by atoms with Gasteiger partial charge in [0.05, 0.1) is 0 Å². The number of benzene rings is 1. The molecule has 3 nitrogen and oxygen atoms in total. The Morgan fingerprint density at radius 3 is 2.47 bits per heavy atom. The topological polar surface area (TPSA) is 49.5 Å². The summed E-state index contributed by atoms with van der Waals surface area (Å²) >= 11 is 0. The van der Waals surface area contributed by atoms with E-state index in [4.69, 9.17) is 10.8 Å². The quantitative estimate of drug-likeness (QED) is 0.772. The van der Waals surface area contributed by atoms with Crippen molar-refractivity contribution < 1.29 is 5.11 Å². The fraction of sp³-hybridized carbons (Fsp3) is 0.500. The summed E-state index contributed by atoms with van der Waals surface area (Å²) in [5.41, 5.74) is 6.73. The van der Waals surface area contributed by atoms with E-state index < -0.39 is 0 Å². The van der Waals surface area contributed by atoms with Crippen LogP contribution in [-0.4, -0.2) is 29.6 Å². The molecule has 3 heteroatoms. The molecule has 15 heavy (non-hydrogen) atoms. The fourth-order valence-electron chi connectivity index (χ4n) is 1.51. The first-order valence-electron chi connectivity index (χ1n) is 5.31. The SMILES string of the molecule is CC(CCN)N(C)Cc1ccc(O)cc1. The van der Waals surface area contributed by atoms with Gasteiger partial charge in [-0.15, -0.1) is 0 Å². The highest BCUT2D eigenvalue weighted by Gasteiger charge is 2.08. The maximum Gasteiger partial charge on any atom is 0.115 e. The Labute approximate surface area is 91.5 Å². The lowest BCUT2D eigenvalue weighted by Crippen LogP contribution is -2.30. The molecule has 0 saturated carbocycles. The monoisotopic (exact) mass is 208 g/mol. The van der Waals surface area contributed by atoms with Gasteiger partial charge in [0.1, 0.15) is 5.75 Å². The summed E-state index contributed by atoms with van der Waals surface area (Å²) in [6.45, 7) is 3.79. The van der Waals surface area contributed by atoms with Gasteiger partial charge in [0.2, 0.25) is 0 Å². The molecule has 84 valence electrons.